The number of nitrogens with zero attached hydrogens (tertiary/aromatic N) is 3. The van der Waals surface area contributed by atoms with Crippen LogP contribution in [0.5, 0.6) is 5.88 Å². The van der Waals surface area contributed by atoms with Crippen LogP contribution in [0.4, 0.5) is 0 Å². The SMILES string of the molecule is COc1ccc(-n2nc(C(=O)O)cc2-c2ccc(CCO)cc2)cn1. The number of hydrogen-bond acceptors (Lipinski definition) is 5. The van der Waals surface area contributed by atoms with Gasteiger partial charge in [0.15, 0.2) is 5.69 Å². The maximum Gasteiger partial charge on any atom is 0.356 e. The lowest BCUT2D eigenvalue weighted by Gasteiger charge is -2.08. The zero-order chi connectivity index (χ0) is 17.8. The van der Waals surface area contributed by atoms with Crippen molar-refractivity contribution in [1.82, 2.24) is 14.8 Å². The molecule has 0 spiro atoms. The van der Waals surface area contributed by atoms with Crippen LogP contribution in [0.2, 0.25) is 0 Å². The Balaban J connectivity index is 2.06. The first-order valence-electron chi connectivity index (χ1n) is 7.66. The summed E-state index contributed by atoms with van der Waals surface area (Å²) in [5.41, 5.74) is 3.03. The molecule has 25 heavy (non-hydrogen) atoms. The molecule has 7 nitrogen and oxygen atoms in total. The van der Waals surface area contributed by atoms with Gasteiger partial charge in [-0.15, -0.1) is 0 Å². The fourth-order valence-electron chi connectivity index (χ4n) is 2.48. The minimum absolute atomic E-state index is 0.0507. The van der Waals surface area contributed by atoms with E-state index in [1.165, 1.54) is 17.9 Å². The van der Waals surface area contributed by atoms with Gasteiger partial charge in [-0.05, 0) is 24.1 Å². The second kappa shape index (κ2) is 7.14. The first-order chi connectivity index (χ1) is 12.1. The van der Waals surface area contributed by atoms with Gasteiger partial charge in [0, 0.05) is 18.2 Å². The summed E-state index contributed by atoms with van der Waals surface area (Å²) < 4.78 is 6.58. The van der Waals surface area contributed by atoms with Gasteiger partial charge in [0.1, 0.15) is 0 Å². The highest BCUT2D eigenvalue weighted by atomic mass is 16.5. The number of aromatic carboxylic acids is 1. The first kappa shape index (κ1) is 16.7. The Hall–Kier alpha value is -3.19. The number of benzene rings is 1. The molecule has 0 bridgehead atoms. The fourth-order valence-corrected chi connectivity index (χ4v) is 2.48. The Morgan fingerprint density at radius 1 is 1.20 bits per heavy atom. The van der Waals surface area contributed by atoms with E-state index in [4.69, 9.17) is 9.84 Å². The van der Waals surface area contributed by atoms with E-state index >= 15 is 0 Å². The van der Waals surface area contributed by atoms with Crippen molar-refractivity contribution in [3.63, 3.8) is 0 Å². The van der Waals surface area contributed by atoms with E-state index in [-0.39, 0.29) is 12.3 Å². The molecule has 0 saturated carbocycles. The van der Waals surface area contributed by atoms with Gasteiger partial charge in [0.2, 0.25) is 5.88 Å². The van der Waals surface area contributed by atoms with Crippen molar-refractivity contribution in [2.45, 2.75) is 6.42 Å². The summed E-state index contributed by atoms with van der Waals surface area (Å²) in [5, 5.41) is 22.4. The third kappa shape index (κ3) is 3.51. The van der Waals surface area contributed by atoms with Gasteiger partial charge in [-0.2, -0.15) is 5.10 Å². The van der Waals surface area contributed by atoms with Crippen molar-refractivity contribution in [1.29, 1.82) is 0 Å². The molecule has 0 aliphatic carbocycles. The normalized spacial score (nSPS) is 10.6. The summed E-state index contributed by atoms with van der Waals surface area (Å²) in [6.07, 6.45) is 2.14. The molecule has 3 aromatic rings. The molecule has 0 saturated heterocycles. The average Bonchev–Trinajstić information content (AvgIpc) is 3.08. The standard InChI is InChI=1S/C18H17N3O4/c1-25-17-7-6-14(11-19-17)21-16(10-15(20-21)18(23)24)13-4-2-12(3-5-13)8-9-22/h2-7,10-11,22H,8-9H2,1H3,(H,23,24). The summed E-state index contributed by atoms with van der Waals surface area (Å²) in [7, 11) is 1.53. The zero-order valence-corrected chi connectivity index (χ0v) is 13.6. The maximum absolute atomic E-state index is 11.3. The van der Waals surface area contributed by atoms with Gasteiger partial charge < -0.3 is 14.9 Å². The topological polar surface area (TPSA) is 97.5 Å². The second-order valence-corrected chi connectivity index (χ2v) is 5.36. The number of carboxylic acid groups (broad SMARTS) is 1. The van der Waals surface area contributed by atoms with Gasteiger partial charge in [0.25, 0.3) is 0 Å². The fraction of sp³-hybridized carbons (Fsp3) is 0.167. The van der Waals surface area contributed by atoms with E-state index in [0.717, 1.165) is 11.1 Å². The summed E-state index contributed by atoms with van der Waals surface area (Å²) in [6, 6.07) is 12.5. The molecule has 0 atom stereocenters. The Labute approximate surface area is 144 Å². The Morgan fingerprint density at radius 3 is 2.52 bits per heavy atom. The third-order valence-corrected chi connectivity index (χ3v) is 3.75. The van der Waals surface area contributed by atoms with E-state index in [1.807, 2.05) is 24.3 Å². The summed E-state index contributed by atoms with van der Waals surface area (Å²) in [5.74, 6) is -0.636. The molecule has 3 rings (SSSR count). The number of aliphatic hydroxyl groups excluding tert-OH is 1. The number of carboxylic acids is 1. The summed E-state index contributed by atoms with van der Waals surface area (Å²) >= 11 is 0. The van der Waals surface area contributed by atoms with Crippen molar-refractivity contribution < 1.29 is 19.7 Å². The van der Waals surface area contributed by atoms with Gasteiger partial charge in [-0.25, -0.2) is 14.5 Å². The molecule has 2 aromatic heterocycles. The van der Waals surface area contributed by atoms with Gasteiger partial charge in [-0.3, -0.25) is 0 Å². The predicted molar refractivity (Wildman–Crippen MR) is 91.1 cm³/mol. The van der Waals surface area contributed by atoms with Crippen molar-refractivity contribution in [3.05, 3.63) is 59.9 Å². The number of hydrogen-bond donors (Lipinski definition) is 2. The van der Waals surface area contributed by atoms with Crippen molar-refractivity contribution in [2.24, 2.45) is 0 Å². The summed E-state index contributed by atoms with van der Waals surface area (Å²) in [6.45, 7) is 0.0813. The van der Waals surface area contributed by atoms with Crippen LogP contribution in [0.3, 0.4) is 0 Å². The minimum Gasteiger partial charge on any atom is -0.481 e. The van der Waals surface area contributed by atoms with Crippen molar-refractivity contribution >= 4 is 5.97 Å². The Bertz CT molecular complexity index is 870. The molecule has 128 valence electrons. The van der Waals surface area contributed by atoms with E-state index in [1.54, 1.807) is 18.3 Å². The maximum atomic E-state index is 11.3. The zero-order valence-electron chi connectivity index (χ0n) is 13.6. The van der Waals surface area contributed by atoms with E-state index < -0.39 is 5.97 Å². The highest BCUT2D eigenvalue weighted by molar-refractivity contribution is 5.87. The molecule has 0 fully saturated rings. The Morgan fingerprint density at radius 2 is 1.96 bits per heavy atom. The molecule has 7 heteroatoms. The molecular formula is C18H17N3O4. The van der Waals surface area contributed by atoms with E-state index in [0.29, 0.717) is 23.7 Å². The average molecular weight is 339 g/mol. The largest absolute Gasteiger partial charge is 0.481 e. The van der Waals surface area contributed by atoms with Gasteiger partial charge >= 0.3 is 5.97 Å². The molecule has 2 N–H and O–H groups in total. The lowest BCUT2D eigenvalue weighted by molar-refractivity contribution is 0.0690. The number of carbonyl (C=O) groups is 1. The minimum atomic E-state index is -1.10. The van der Waals surface area contributed by atoms with Crippen LogP contribution in [0.15, 0.2) is 48.7 Å². The number of methoxy groups -OCH3 is 1. The number of aromatic nitrogens is 3. The highest BCUT2D eigenvalue weighted by Gasteiger charge is 2.16. The summed E-state index contributed by atoms with van der Waals surface area (Å²) in [4.78, 5) is 15.5. The monoisotopic (exact) mass is 339 g/mol. The molecular weight excluding hydrogens is 322 g/mol. The van der Waals surface area contributed by atoms with E-state index in [9.17, 15) is 9.90 Å². The molecule has 2 heterocycles. The van der Waals surface area contributed by atoms with Crippen LogP contribution in [-0.4, -0.2) is 44.7 Å². The van der Waals surface area contributed by atoms with Crippen LogP contribution < -0.4 is 4.74 Å². The smallest absolute Gasteiger partial charge is 0.356 e. The van der Waals surface area contributed by atoms with Gasteiger partial charge in [-0.1, -0.05) is 24.3 Å². The lowest BCUT2D eigenvalue weighted by Crippen LogP contribution is -2.03. The second-order valence-electron chi connectivity index (χ2n) is 5.36. The number of pyridine rings is 1. The molecule has 0 aliphatic heterocycles. The lowest BCUT2D eigenvalue weighted by atomic mass is 10.1. The molecule has 0 unspecified atom stereocenters. The number of rotatable bonds is 6. The van der Waals surface area contributed by atoms with Gasteiger partial charge in [0.05, 0.1) is 24.7 Å². The molecule has 0 amide bonds. The number of ether oxygens (including phenoxy) is 1. The molecule has 0 aliphatic rings. The highest BCUT2D eigenvalue weighted by Crippen LogP contribution is 2.25. The Kier molecular flexibility index (Phi) is 4.76. The van der Waals surface area contributed by atoms with Crippen LogP contribution in [-0.2, 0) is 6.42 Å². The van der Waals surface area contributed by atoms with Crippen molar-refractivity contribution in [2.75, 3.05) is 13.7 Å². The van der Waals surface area contributed by atoms with Crippen LogP contribution in [0.1, 0.15) is 16.1 Å². The predicted octanol–water partition coefficient (Wildman–Crippen LogP) is 2.18. The van der Waals surface area contributed by atoms with Crippen LogP contribution >= 0.6 is 0 Å². The molecule has 1 aromatic carbocycles. The van der Waals surface area contributed by atoms with Crippen LogP contribution in [0, 0.1) is 0 Å². The first-order valence-corrected chi connectivity index (χ1v) is 7.66. The van der Waals surface area contributed by atoms with E-state index in [2.05, 4.69) is 10.1 Å². The quantitative estimate of drug-likeness (QED) is 0.714. The third-order valence-electron chi connectivity index (χ3n) is 3.75. The van der Waals surface area contributed by atoms with Crippen molar-refractivity contribution in [3.8, 4) is 22.8 Å². The number of aliphatic hydroxyl groups is 1. The molecule has 0 radical (unpaired) electrons. The van der Waals surface area contributed by atoms with Crippen LogP contribution in [0.25, 0.3) is 16.9 Å².